The molecule has 0 bridgehead atoms. The fourth-order valence-corrected chi connectivity index (χ4v) is 4.13. The Balaban J connectivity index is 1.38. The molecule has 0 radical (unpaired) electrons. The number of anilines is 2. The molecule has 2 aliphatic heterocycles. The van der Waals surface area contributed by atoms with Gasteiger partial charge in [-0.2, -0.15) is 4.98 Å². The molecule has 4 heterocycles. The largest absolute Gasteiger partial charge is 0.391 e. The van der Waals surface area contributed by atoms with Crippen LogP contribution in [0.15, 0.2) is 24.7 Å². The summed E-state index contributed by atoms with van der Waals surface area (Å²) in [5.74, 6) is 3.42. The third kappa shape index (κ3) is 4.28. The van der Waals surface area contributed by atoms with E-state index >= 15 is 0 Å². The Bertz CT molecular complexity index is 769. The number of hydrogen-bond donors (Lipinski definition) is 1. The predicted octanol–water partition coefficient (Wildman–Crippen LogP) is 1.19. The fraction of sp³-hybridized carbons (Fsp3) is 0.650. The smallest absolute Gasteiger partial charge is 0.227 e. The molecular weight excluding hydrogens is 354 g/mol. The molecule has 4 rings (SSSR count). The number of aliphatic hydroxyl groups is 1. The summed E-state index contributed by atoms with van der Waals surface area (Å²) in [4.78, 5) is 20.6. The maximum Gasteiger partial charge on any atom is 0.227 e. The van der Waals surface area contributed by atoms with E-state index < -0.39 is 0 Å². The van der Waals surface area contributed by atoms with E-state index in [4.69, 9.17) is 4.98 Å². The van der Waals surface area contributed by atoms with Crippen LogP contribution < -0.4 is 9.80 Å². The summed E-state index contributed by atoms with van der Waals surface area (Å²) in [6.45, 7) is 5.40. The monoisotopic (exact) mass is 385 g/mol. The maximum absolute atomic E-state index is 9.78. The zero-order valence-corrected chi connectivity index (χ0v) is 16.9. The molecule has 28 heavy (non-hydrogen) atoms. The zero-order chi connectivity index (χ0) is 19.5. The summed E-state index contributed by atoms with van der Waals surface area (Å²) in [6.07, 6.45) is 8.55. The lowest BCUT2D eigenvalue weighted by Crippen LogP contribution is -2.35. The average Bonchev–Trinajstić information content (AvgIpc) is 3.35. The molecule has 2 aromatic heterocycles. The normalized spacial score (nSPS) is 21.1. The molecule has 2 aromatic rings. The van der Waals surface area contributed by atoms with Gasteiger partial charge in [-0.25, -0.2) is 9.97 Å². The number of likely N-dealkylation sites (N-methyl/N-ethyl adjacent to an activating group) is 1. The number of aliphatic hydroxyl groups excluding tert-OH is 1. The van der Waals surface area contributed by atoms with E-state index in [0.717, 1.165) is 63.8 Å². The molecule has 1 atom stereocenters. The minimum atomic E-state index is -0.245. The number of hydrogen-bond acceptors (Lipinski definition) is 7. The molecule has 0 amide bonds. The third-order valence-corrected chi connectivity index (χ3v) is 5.79. The first kappa shape index (κ1) is 19.1. The molecule has 0 unspecified atom stereocenters. The molecule has 0 saturated carbocycles. The van der Waals surface area contributed by atoms with Gasteiger partial charge in [-0.1, -0.05) is 0 Å². The van der Waals surface area contributed by atoms with Crippen molar-refractivity contribution in [2.45, 2.75) is 37.8 Å². The first-order valence-corrected chi connectivity index (χ1v) is 10.3. The molecule has 0 spiro atoms. The Morgan fingerprint density at radius 3 is 2.57 bits per heavy atom. The summed E-state index contributed by atoms with van der Waals surface area (Å²) in [5, 5.41) is 9.78. The summed E-state index contributed by atoms with van der Waals surface area (Å²) >= 11 is 0. The van der Waals surface area contributed by atoms with Crippen LogP contribution in [0, 0.1) is 0 Å². The number of rotatable bonds is 6. The minimum Gasteiger partial charge on any atom is -0.391 e. The van der Waals surface area contributed by atoms with Crippen molar-refractivity contribution in [2.75, 3.05) is 56.6 Å². The van der Waals surface area contributed by atoms with Crippen LogP contribution in [-0.2, 0) is 6.54 Å². The number of aromatic nitrogens is 4. The van der Waals surface area contributed by atoms with Gasteiger partial charge in [0.15, 0.2) is 0 Å². The van der Waals surface area contributed by atoms with Crippen LogP contribution in [-0.4, -0.2) is 82.4 Å². The van der Waals surface area contributed by atoms with Crippen LogP contribution in [0.3, 0.4) is 0 Å². The highest BCUT2D eigenvalue weighted by Gasteiger charge is 2.26. The molecule has 1 N–H and O–H groups in total. The van der Waals surface area contributed by atoms with E-state index in [9.17, 15) is 5.11 Å². The highest BCUT2D eigenvalue weighted by molar-refractivity contribution is 5.45. The van der Waals surface area contributed by atoms with E-state index in [1.165, 1.54) is 5.82 Å². The first-order valence-electron chi connectivity index (χ1n) is 10.3. The average molecular weight is 386 g/mol. The Kier molecular flexibility index (Phi) is 5.77. The van der Waals surface area contributed by atoms with E-state index in [0.29, 0.717) is 12.5 Å². The minimum absolute atomic E-state index is 0.245. The summed E-state index contributed by atoms with van der Waals surface area (Å²) in [7, 11) is 4.21. The first-order chi connectivity index (χ1) is 13.6. The van der Waals surface area contributed by atoms with Crippen LogP contribution in [0.25, 0.3) is 0 Å². The second-order valence-corrected chi connectivity index (χ2v) is 8.15. The van der Waals surface area contributed by atoms with Crippen molar-refractivity contribution >= 4 is 11.8 Å². The fourth-order valence-electron chi connectivity index (χ4n) is 4.13. The van der Waals surface area contributed by atoms with Gasteiger partial charge in [0.25, 0.3) is 0 Å². The van der Waals surface area contributed by atoms with Crippen molar-refractivity contribution in [3.63, 3.8) is 0 Å². The SMILES string of the molecule is CN(C)CCn1ccnc1C1CCN(c2nccc(N3CC[C@H](O)C3)n2)CC1. The Labute approximate surface area is 166 Å². The maximum atomic E-state index is 9.78. The number of β-amino-alcohol motifs (C(OH)–C–C–N with tert-alkyl or cyclic N) is 1. The lowest BCUT2D eigenvalue weighted by Gasteiger charge is -2.32. The van der Waals surface area contributed by atoms with Gasteiger partial charge >= 0.3 is 0 Å². The molecule has 0 aliphatic carbocycles. The highest BCUT2D eigenvalue weighted by Crippen LogP contribution is 2.29. The van der Waals surface area contributed by atoms with E-state index in [1.54, 1.807) is 0 Å². The van der Waals surface area contributed by atoms with Crippen LogP contribution >= 0.6 is 0 Å². The molecule has 8 heteroatoms. The van der Waals surface area contributed by atoms with Crippen molar-refractivity contribution in [1.82, 2.24) is 24.4 Å². The van der Waals surface area contributed by atoms with Crippen molar-refractivity contribution in [1.29, 1.82) is 0 Å². The van der Waals surface area contributed by atoms with Gasteiger partial charge in [0.05, 0.1) is 6.10 Å². The second-order valence-electron chi connectivity index (χ2n) is 8.15. The number of imidazole rings is 1. The molecular formula is C20H31N7O. The predicted molar refractivity (Wildman–Crippen MR) is 110 cm³/mol. The molecule has 8 nitrogen and oxygen atoms in total. The second kappa shape index (κ2) is 8.45. The summed E-state index contributed by atoms with van der Waals surface area (Å²) in [5.41, 5.74) is 0. The van der Waals surface area contributed by atoms with Gasteiger partial charge in [-0.3, -0.25) is 0 Å². The van der Waals surface area contributed by atoms with Gasteiger partial charge in [0, 0.05) is 63.8 Å². The Morgan fingerprint density at radius 1 is 1.07 bits per heavy atom. The number of piperidine rings is 1. The van der Waals surface area contributed by atoms with Crippen molar-refractivity contribution < 1.29 is 5.11 Å². The van der Waals surface area contributed by atoms with Gasteiger partial charge in [-0.05, 0) is 39.4 Å². The lowest BCUT2D eigenvalue weighted by atomic mass is 9.96. The van der Waals surface area contributed by atoms with Gasteiger partial charge < -0.3 is 24.4 Å². The van der Waals surface area contributed by atoms with E-state index in [-0.39, 0.29) is 6.10 Å². The van der Waals surface area contributed by atoms with Gasteiger partial charge in [0.2, 0.25) is 5.95 Å². The summed E-state index contributed by atoms with van der Waals surface area (Å²) in [6, 6.07) is 1.94. The quantitative estimate of drug-likeness (QED) is 0.801. The van der Waals surface area contributed by atoms with Crippen LogP contribution in [0.4, 0.5) is 11.8 Å². The van der Waals surface area contributed by atoms with Crippen molar-refractivity contribution in [3.05, 3.63) is 30.5 Å². The van der Waals surface area contributed by atoms with E-state index in [2.05, 4.69) is 49.5 Å². The molecule has 2 fully saturated rings. The molecule has 2 saturated heterocycles. The van der Waals surface area contributed by atoms with Crippen LogP contribution in [0.5, 0.6) is 0 Å². The highest BCUT2D eigenvalue weighted by atomic mass is 16.3. The van der Waals surface area contributed by atoms with Gasteiger partial charge in [0.1, 0.15) is 11.6 Å². The summed E-state index contributed by atoms with van der Waals surface area (Å²) < 4.78 is 2.30. The van der Waals surface area contributed by atoms with Crippen molar-refractivity contribution in [2.24, 2.45) is 0 Å². The molecule has 0 aromatic carbocycles. The zero-order valence-electron chi connectivity index (χ0n) is 16.9. The third-order valence-electron chi connectivity index (χ3n) is 5.79. The topological polar surface area (TPSA) is 73.6 Å². The van der Waals surface area contributed by atoms with Gasteiger partial charge in [-0.15, -0.1) is 0 Å². The van der Waals surface area contributed by atoms with Crippen molar-refractivity contribution in [3.8, 4) is 0 Å². The van der Waals surface area contributed by atoms with Crippen LogP contribution in [0.2, 0.25) is 0 Å². The molecule has 2 aliphatic rings. The Hall–Kier alpha value is -2.19. The van der Waals surface area contributed by atoms with E-state index in [1.807, 2.05) is 18.5 Å². The Morgan fingerprint density at radius 2 is 1.86 bits per heavy atom. The van der Waals surface area contributed by atoms with Crippen LogP contribution in [0.1, 0.15) is 31.0 Å². The standard InChI is InChI=1S/C20H31N7O/c1-24(2)13-14-25-12-8-21-19(25)16-4-9-26(10-5-16)20-22-7-3-18(23-20)27-11-6-17(28)15-27/h3,7-8,12,16-17,28H,4-6,9-11,13-15H2,1-2H3/t17-/m0/s1. The molecule has 152 valence electrons. The number of nitrogens with zero attached hydrogens (tertiary/aromatic N) is 7. The lowest BCUT2D eigenvalue weighted by molar-refractivity contribution is 0.198.